The molecule has 5 nitrogen and oxygen atoms in total. The van der Waals surface area contributed by atoms with Crippen molar-refractivity contribution in [3.8, 4) is 0 Å². The van der Waals surface area contributed by atoms with Crippen molar-refractivity contribution in [3.63, 3.8) is 0 Å². The largest absolute Gasteiger partial charge is 0.477 e. The monoisotopic (exact) mass is 276 g/mol. The number of hydrogen-bond donors (Lipinski definition) is 2. The number of carbonyl (C=O) groups is 2. The number of nitrogens with one attached hydrogen (secondary N) is 1. The maximum absolute atomic E-state index is 11.8. The second-order valence-corrected chi connectivity index (χ2v) is 5.00. The van der Waals surface area contributed by atoms with Crippen LogP contribution in [0.3, 0.4) is 0 Å². The summed E-state index contributed by atoms with van der Waals surface area (Å²) in [7, 11) is 0. The number of anilines is 1. The molecule has 2 aromatic rings. The zero-order valence-corrected chi connectivity index (χ0v) is 11.0. The number of carboxylic acids is 1. The summed E-state index contributed by atoms with van der Waals surface area (Å²) in [5.41, 5.74) is 1.15. The van der Waals surface area contributed by atoms with Gasteiger partial charge < -0.3 is 10.4 Å². The van der Waals surface area contributed by atoms with Gasteiger partial charge in [0.1, 0.15) is 9.88 Å². The molecule has 1 aromatic carbocycles. The molecule has 0 atom stereocenters. The van der Waals surface area contributed by atoms with Gasteiger partial charge >= 0.3 is 5.97 Å². The van der Waals surface area contributed by atoms with Crippen LogP contribution in [0.15, 0.2) is 30.3 Å². The molecule has 98 valence electrons. The second-order valence-electron chi connectivity index (χ2n) is 3.92. The Balaban J connectivity index is 2.03. The normalized spacial score (nSPS) is 10.2. The van der Waals surface area contributed by atoms with Gasteiger partial charge in [0.25, 0.3) is 0 Å². The van der Waals surface area contributed by atoms with E-state index in [4.69, 9.17) is 5.11 Å². The first kappa shape index (κ1) is 13.2. The third kappa shape index (κ3) is 3.38. The van der Waals surface area contributed by atoms with Crippen LogP contribution < -0.4 is 5.32 Å². The van der Waals surface area contributed by atoms with Crippen LogP contribution in [0.5, 0.6) is 0 Å². The maximum atomic E-state index is 11.8. The van der Waals surface area contributed by atoms with Crippen LogP contribution in [0, 0.1) is 6.92 Å². The molecule has 0 radical (unpaired) electrons. The molecule has 0 aliphatic carbocycles. The van der Waals surface area contributed by atoms with Crippen LogP contribution in [0.2, 0.25) is 0 Å². The molecular weight excluding hydrogens is 264 g/mol. The Hall–Kier alpha value is -2.21. The highest BCUT2D eigenvalue weighted by atomic mass is 32.1. The lowest BCUT2D eigenvalue weighted by Crippen LogP contribution is -2.14. The van der Waals surface area contributed by atoms with E-state index in [0.29, 0.717) is 16.4 Å². The predicted molar refractivity (Wildman–Crippen MR) is 72.6 cm³/mol. The molecule has 0 bridgehead atoms. The number of amides is 1. The van der Waals surface area contributed by atoms with Crippen molar-refractivity contribution in [1.82, 2.24) is 4.98 Å². The van der Waals surface area contributed by atoms with Gasteiger partial charge in [0, 0.05) is 5.69 Å². The molecular formula is C13H12N2O3S. The summed E-state index contributed by atoms with van der Waals surface area (Å²) in [6.45, 7) is 1.62. The van der Waals surface area contributed by atoms with E-state index >= 15 is 0 Å². The summed E-state index contributed by atoms with van der Waals surface area (Å²) in [4.78, 5) is 26.9. The van der Waals surface area contributed by atoms with E-state index in [2.05, 4.69) is 10.3 Å². The van der Waals surface area contributed by atoms with Crippen LogP contribution in [0.25, 0.3) is 0 Å². The lowest BCUT2D eigenvalue weighted by Gasteiger charge is -2.02. The molecule has 0 fully saturated rings. The van der Waals surface area contributed by atoms with Gasteiger partial charge in [0.2, 0.25) is 5.91 Å². The van der Waals surface area contributed by atoms with Crippen LogP contribution >= 0.6 is 11.3 Å². The van der Waals surface area contributed by atoms with E-state index in [1.54, 1.807) is 19.1 Å². The van der Waals surface area contributed by atoms with Gasteiger partial charge in [0.05, 0.1) is 12.1 Å². The molecule has 0 spiro atoms. The van der Waals surface area contributed by atoms with E-state index in [0.717, 1.165) is 11.3 Å². The SMILES string of the molecule is Cc1nc(CC(=O)Nc2ccccc2)sc1C(=O)O. The van der Waals surface area contributed by atoms with E-state index in [1.807, 2.05) is 18.2 Å². The number of aryl methyl sites for hydroxylation is 1. The van der Waals surface area contributed by atoms with Crippen molar-refractivity contribution in [2.75, 3.05) is 5.32 Å². The minimum atomic E-state index is -1.01. The Kier molecular flexibility index (Phi) is 3.91. The molecule has 0 aliphatic heterocycles. The van der Waals surface area contributed by atoms with Crippen molar-refractivity contribution in [2.45, 2.75) is 13.3 Å². The first-order valence-electron chi connectivity index (χ1n) is 5.61. The Morgan fingerprint density at radius 2 is 2.00 bits per heavy atom. The van der Waals surface area contributed by atoms with Crippen LogP contribution in [0.1, 0.15) is 20.4 Å². The number of thiazole rings is 1. The number of carbonyl (C=O) groups excluding carboxylic acids is 1. The van der Waals surface area contributed by atoms with Crippen molar-refractivity contribution in [3.05, 3.63) is 45.9 Å². The zero-order valence-electron chi connectivity index (χ0n) is 10.2. The molecule has 0 saturated heterocycles. The fourth-order valence-corrected chi connectivity index (χ4v) is 2.49. The number of carboxylic acid groups (broad SMARTS) is 1. The maximum Gasteiger partial charge on any atom is 0.347 e. The van der Waals surface area contributed by atoms with Gasteiger partial charge in [-0.15, -0.1) is 11.3 Å². The molecule has 1 aromatic heterocycles. The molecule has 1 heterocycles. The zero-order chi connectivity index (χ0) is 13.8. The lowest BCUT2D eigenvalue weighted by atomic mass is 10.3. The van der Waals surface area contributed by atoms with Crippen molar-refractivity contribution in [1.29, 1.82) is 0 Å². The summed E-state index contributed by atoms with van der Waals surface area (Å²) in [5, 5.41) is 12.1. The van der Waals surface area contributed by atoms with Crippen LogP contribution in [-0.2, 0) is 11.2 Å². The Morgan fingerprint density at radius 1 is 1.32 bits per heavy atom. The van der Waals surface area contributed by atoms with E-state index in [1.165, 1.54) is 0 Å². The molecule has 0 unspecified atom stereocenters. The number of benzene rings is 1. The Labute approximate surface area is 113 Å². The number of aromatic carboxylic acids is 1. The fourth-order valence-electron chi connectivity index (χ4n) is 1.59. The average molecular weight is 276 g/mol. The highest BCUT2D eigenvalue weighted by molar-refractivity contribution is 7.13. The van der Waals surface area contributed by atoms with Gasteiger partial charge in [-0.25, -0.2) is 9.78 Å². The highest BCUT2D eigenvalue weighted by Crippen LogP contribution is 2.18. The Morgan fingerprint density at radius 3 is 2.58 bits per heavy atom. The summed E-state index contributed by atoms with van der Waals surface area (Å²) >= 11 is 1.04. The smallest absolute Gasteiger partial charge is 0.347 e. The van der Waals surface area contributed by atoms with Crippen molar-refractivity contribution in [2.24, 2.45) is 0 Å². The summed E-state index contributed by atoms with van der Waals surface area (Å²) in [5.74, 6) is -1.22. The number of nitrogens with zero attached hydrogens (tertiary/aromatic N) is 1. The first-order chi connectivity index (χ1) is 9.06. The second kappa shape index (κ2) is 5.62. The van der Waals surface area contributed by atoms with Gasteiger partial charge in [-0.1, -0.05) is 18.2 Å². The molecule has 2 N–H and O–H groups in total. The Bertz CT molecular complexity index is 608. The van der Waals surface area contributed by atoms with Gasteiger partial charge in [-0.2, -0.15) is 0 Å². The van der Waals surface area contributed by atoms with Crippen molar-refractivity contribution < 1.29 is 14.7 Å². The number of aromatic nitrogens is 1. The van der Waals surface area contributed by atoms with Crippen LogP contribution in [-0.4, -0.2) is 22.0 Å². The average Bonchev–Trinajstić information content (AvgIpc) is 2.71. The van der Waals surface area contributed by atoms with E-state index < -0.39 is 5.97 Å². The van der Waals surface area contributed by atoms with Crippen molar-refractivity contribution >= 4 is 28.9 Å². The quantitative estimate of drug-likeness (QED) is 0.898. The molecule has 0 aliphatic rings. The molecule has 2 rings (SSSR count). The topological polar surface area (TPSA) is 79.3 Å². The number of rotatable bonds is 4. The summed E-state index contributed by atoms with van der Waals surface area (Å²) in [6, 6.07) is 9.08. The standard InChI is InChI=1S/C13H12N2O3S/c1-8-12(13(17)18)19-11(14-8)7-10(16)15-9-5-3-2-4-6-9/h2-6H,7H2,1H3,(H,15,16)(H,17,18). The molecule has 1 amide bonds. The van der Waals surface area contributed by atoms with Gasteiger partial charge in [0.15, 0.2) is 0 Å². The van der Waals surface area contributed by atoms with Gasteiger partial charge in [-0.3, -0.25) is 4.79 Å². The van der Waals surface area contributed by atoms with Crippen LogP contribution in [0.4, 0.5) is 5.69 Å². The third-order valence-corrected chi connectivity index (χ3v) is 3.55. The fraction of sp³-hybridized carbons (Fsp3) is 0.154. The first-order valence-corrected chi connectivity index (χ1v) is 6.42. The minimum absolute atomic E-state index is 0.0771. The molecule has 19 heavy (non-hydrogen) atoms. The van der Waals surface area contributed by atoms with Gasteiger partial charge in [-0.05, 0) is 19.1 Å². The molecule has 6 heteroatoms. The van der Waals surface area contributed by atoms with E-state index in [-0.39, 0.29) is 17.2 Å². The summed E-state index contributed by atoms with van der Waals surface area (Å²) in [6.07, 6.45) is 0.0771. The third-order valence-electron chi connectivity index (χ3n) is 2.40. The molecule has 0 saturated carbocycles. The lowest BCUT2D eigenvalue weighted by molar-refractivity contribution is -0.115. The predicted octanol–water partition coefficient (Wildman–Crippen LogP) is 2.33. The summed E-state index contributed by atoms with van der Waals surface area (Å²) < 4.78 is 0. The van der Waals surface area contributed by atoms with E-state index in [9.17, 15) is 9.59 Å². The highest BCUT2D eigenvalue weighted by Gasteiger charge is 2.15. The number of para-hydroxylation sites is 1. The minimum Gasteiger partial charge on any atom is -0.477 e. The number of hydrogen-bond acceptors (Lipinski definition) is 4.